The van der Waals surface area contributed by atoms with Crippen LogP contribution in [0.25, 0.3) is 0 Å². The number of ether oxygens (including phenoxy) is 1. The van der Waals surface area contributed by atoms with Crippen LogP contribution in [0.3, 0.4) is 0 Å². The second-order valence-electron chi connectivity index (χ2n) is 6.69. The fraction of sp³-hybridized carbons (Fsp3) is 0.933. The Kier molecular flexibility index (Phi) is 4.91. The lowest BCUT2D eigenvalue weighted by Gasteiger charge is -2.54. The molecule has 0 aromatic rings. The van der Waals surface area contributed by atoms with Gasteiger partial charge in [0.15, 0.2) is 5.96 Å². The third-order valence-corrected chi connectivity index (χ3v) is 4.61. The van der Waals surface area contributed by atoms with E-state index in [1.807, 2.05) is 6.92 Å². The van der Waals surface area contributed by atoms with Crippen LogP contribution in [0.4, 0.5) is 0 Å². The van der Waals surface area contributed by atoms with Crippen LogP contribution in [0.1, 0.15) is 34.1 Å². The molecule has 1 saturated carbocycles. The summed E-state index contributed by atoms with van der Waals surface area (Å²) >= 11 is 0. The average Bonchev–Trinajstić information content (AvgIpc) is 2.88. The van der Waals surface area contributed by atoms with Crippen LogP contribution in [-0.4, -0.2) is 49.5 Å². The predicted octanol–water partition coefficient (Wildman–Crippen LogP) is 0.983. The molecule has 1 heterocycles. The van der Waals surface area contributed by atoms with E-state index in [4.69, 9.17) is 9.84 Å². The fourth-order valence-corrected chi connectivity index (χ4v) is 3.39. The largest absolute Gasteiger partial charge is 0.396 e. The van der Waals surface area contributed by atoms with Gasteiger partial charge in [-0.1, -0.05) is 20.8 Å². The number of aliphatic imine (C=N–C) groups is 1. The predicted molar refractivity (Wildman–Crippen MR) is 80.8 cm³/mol. The van der Waals surface area contributed by atoms with Gasteiger partial charge >= 0.3 is 0 Å². The number of hydrogen-bond donors (Lipinski definition) is 3. The summed E-state index contributed by atoms with van der Waals surface area (Å²) in [5.74, 6) is 1.66. The van der Waals surface area contributed by atoms with Gasteiger partial charge in [-0.2, -0.15) is 0 Å². The number of guanidine groups is 1. The van der Waals surface area contributed by atoms with Gasteiger partial charge in [-0.3, -0.25) is 4.99 Å². The zero-order valence-corrected chi connectivity index (χ0v) is 13.1. The van der Waals surface area contributed by atoms with Gasteiger partial charge in [-0.25, -0.2) is 0 Å². The van der Waals surface area contributed by atoms with Crippen molar-refractivity contribution in [3.05, 3.63) is 0 Å². The Morgan fingerprint density at radius 3 is 2.90 bits per heavy atom. The number of nitrogens with one attached hydrogen (secondary N) is 2. The molecule has 1 aliphatic carbocycles. The highest BCUT2D eigenvalue weighted by molar-refractivity contribution is 5.80. The highest BCUT2D eigenvalue weighted by Gasteiger charge is 2.59. The Labute approximate surface area is 122 Å². The molecule has 2 fully saturated rings. The summed E-state index contributed by atoms with van der Waals surface area (Å²) in [5, 5.41) is 16.0. The number of hydrogen-bond acceptors (Lipinski definition) is 3. The molecule has 0 spiro atoms. The van der Waals surface area contributed by atoms with E-state index in [9.17, 15) is 0 Å². The number of rotatable bonds is 5. The fourth-order valence-electron chi connectivity index (χ4n) is 3.39. The smallest absolute Gasteiger partial charge is 0.191 e. The lowest BCUT2D eigenvalue weighted by atomic mass is 9.57. The van der Waals surface area contributed by atoms with E-state index in [0.29, 0.717) is 24.6 Å². The molecule has 1 saturated heterocycles. The first kappa shape index (κ1) is 15.6. The van der Waals surface area contributed by atoms with Crippen molar-refractivity contribution in [1.29, 1.82) is 0 Å². The van der Waals surface area contributed by atoms with E-state index in [2.05, 4.69) is 36.4 Å². The normalized spacial score (nSPS) is 33.2. The van der Waals surface area contributed by atoms with Crippen molar-refractivity contribution in [1.82, 2.24) is 10.6 Å². The Morgan fingerprint density at radius 1 is 1.50 bits per heavy atom. The minimum atomic E-state index is 0.153. The number of nitrogens with zero attached hydrogens (tertiary/aromatic N) is 1. The molecule has 5 nitrogen and oxygen atoms in total. The average molecular weight is 283 g/mol. The lowest BCUT2D eigenvalue weighted by molar-refractivity contribution is -0.106. The second-order valence-corrected chi connectivity index (χ2v) is 6.69. The Balaban J connectivity index is 1.97. The number of fused-ring (bicyclic) bond motifs is 1. The zero-order chi connectivity index (χ0) is 14.8. The monoisotopic (exact) mass is 283 g/mol. The zero-order valence-electron chi connectivity index (χ0n) is 13.1. The third kappa shape index (κ3) is 2.93. The third-order valence-electron chi connectivity index (χ3n) is 4.61. The van der Waals surface area contributed by atoms with Crippen LogP contribution < -0.4 is 10.6 Å². The molecule has 2 rings (SSSR count). The summed E-state index contributed by atoms with van der Waals surface area (Å²) in [4.78, 5) is 4.58. The number of aliphatic hydroxyl groups excluding tert-OH is 1. The first-order valence-corrected chi connectivity index (χ1v) is 7.78. The van der Waals surface area contributed by atoms with Crippen LogP contribution in [0.5, 0.6) is 0 Å². The van der Waals surface area contributed by atoms with Gasteiger partial charge in [0.2, 0.25) is 0 Å². The summed E-state index contributed by atoms with van der Waals surface area (Å²) in [5.41, 5.74) is 0.153. The standard InChI is InChI=1S/C15H29N3O2/c1-5-16-14(17-8-10(2)9-19)18-12-11-6-7-20-13(11)15(12,3)4/h10-13,19H,5-9H2,1-4H3,(H2,16,17,18). The maximum Gasteiger partial charge on any atom is 0.191 e. The van der Waals surface area contributed by atoms with Crippen molar-refractivity contribution >= 4 is 5.96 Å². The van der Waals surface area contributed by atoms with Crippen LogP contribution >= 0.6 is 0 Å². The van der Waals surface area contributed by atoms with Crippen LogP contribution in [0, 0.1) is 17.3 Å². The Morgan fingerprint density at radius 2 is 2.25 bits per heavy atom. The molecule has 5 heteroatoms. The van der Waals surface area contributed by atoms with Gasteiger partial charge < -0.3 is 20.5 Å². The Bertz CT molecular complexity index is 357. The molecule has 0 aromatic carbocycles. The van der Waals surface area contributed by atoms with E-state index in [1.165, 1.54) is 0 Å². The quantitative estimate of drug-likeness (QED) is 0.520. The van der Waals surface area contributed by atoms with Gasteiger partial charge in [0, 0.05) is 43.7 Å². The molecule has 3 N–H and O–H groups in total. The molecule has 0 amide bonds. The first-order valence-electron chi connectivity index (χ1n) is 7.78. The van der Waals surface area contributed by atoms with Gasteiger partial charge in [0.05, 0.1) is 6.10 Å². The van der Waals surface area contributed by atoms with Gasteiger partial charge in [-0.05, 0) is 19.3 Å². The maximum absolute atomic E-state index is 9.10. The molecule has 0 aromatic heterocycles. The van der Waals surface area contributed by atoms with Crippen molar-refractivity contribution in [2.75, 3.05) is 26.3 Å². The molecule has 2 aliphatic rings. The van der Waals surface area contributed by atoms with Crippen molar-refractivity contribution in [2.45, 2.75) is 46.3 Å². The van der Waals surface area contributed by atoms with E-state index >= 15 is 0 Å². The molecule has 20 heavy (non-hydrogen) atoms. The van der Waals surface area contributed by atoms with E-state index < -0.39 is 0 Å². The van der Waals surface area contributed by atoms with E-state index in [0.717, 1.165) is 25.5 Å². The number of aliphatic hydroxyl groups is 1. The minimum Gasteiger partial charge on any atom is -0.396 e. The topological polar surface area (TPSA) is 65.9 Å². The minimum absolute atomic E-state index is 0.153. The summed E-state index contributed by atoms with van der Waals surface area (Å²) in [6, 6.07) is 0.414. The van der Waals surface area contributed by atoms with Crippen LogP contribution in [-0.2, 0) is 4.74 Å². The molecule has 4 atom stereocenters. The molecular formula is C15H29N3O2. The summed E-state index contributed by atoms with van der Waals surface area (Å²) in [6.07, 6.45) is 1.53. The van der Waals surface area contributed by atoms with Crippen molar-refractivity contribution in [3.63, 3.8) is 0 Å². The summed E-state index contributed by atoms with van der Waals surface area (Å²) in [6.45, 7) is 11.1. The van der Waals surface area contributed by atoms with Gasteiger partial charge in [0.25, 0.3) is 0 Å². The SMILES string of the molecule is CCNC(=NCC(C)CO)NC1C2CCOC2C1(C)C. The van der Waals surface area contributed by atoms with Crippen molar-refractivity contribution in [3.8, 4) is 0 Å². The highest BCUT2D eigenvalue weighted by Crippen LogP contribution is 2.52. The lowest BCUT2D eigenvalue weighted by Crippen LogP contribution is -2.68. The molecular weight excluding hydrogens is 254 g/mol. The van der Waals surface area contributed by atoms with E-state index in [1.54, 1.807) is 0 Å². The van der Waals surface area contributed by atoms with Crippen molar-refractivity contribution in [2.24, 2.45) is 22.2 Å². The summed E-state index contributed by atoms with van der Waals surface area (Å²) < 4.78 is 5.82. The molecule has 0 bridgehead atoms. The maximum atomic E-state index is 9.10. The Hall–Kier alpha value is -0.810. The molecule has 4 unspecified atom stereocenters. The first-order chi connectivity index (χ1) is 9.50. The second kappa shape index (κ2) is 6.31. The molecule has 116 valence electrons. The van der Waals surface area contributed by atoms with Crippen LogP contribution in [0.2, 0.25) is 0 Å². The van der Waals surface area contributed by atoms with Crippen molar-refractivity contribution < 1.29 is 9.84 Å². The molecule has 0 radical (unpaired) electrons. The summed E-state index contributed by atoms with van der Waals surface area (Å²) in [7, 11) is 0. The highest BCUT2D eigenvalue weighted by atomic mass is 16.5. The van der Waals surface area contributed by atoms with E-state index in [-0.39, 0.29) is 17.9 Å². The van der Waals surface area contributed by atoms with Gasteiger partial charge in [-0.15, -0.1) is 0 Å². The van der Waals surface area contributed by atoms with Gasteiger partial charge in [0.1, 0.15) is 0 Å². The van der Waals surface area contributed by atoms with Crippen LogP contribution in [0.15, 0.2) is 4.99 Å². The molecule has 1 aliphatic heterocycles.